The predicted octanol–water partition coefficient (Wildman–Crippen LogP) is -0.780. The Hall–Kier alpha value is 1.19. The number of hydrogen-bond donors (Lipinski definition) is 0. The van der Waals surface area contributed by atoms with Gasteiger partial charge in [0.25, 0.3) is 6.79 Å². The Labute approximate surface area is 57.9 Å². The van der Waals surface area contributed by atoms with Gasteiger partial charge < -0.3 is 0 Å². The molecular formula is CFeNaO. The van der Waals surface area contributed by atoms with Crippen molar-refractivity contribution in [2.75, 3.05) is 0 Å². The van der Waals surface area contributed by atoms with E-state index in [0.29, 0.717) is 0 Å². The monoisotopic (exact) mass is 107 g/mol. The van der Waals surface area contributed by atoms with Gasteiger partial charge in [-0.1, -0.05) is 0 Å². The third-order valence-electron chi connectivity index (χ3n) is 0. The van der Waals surface area contributed by atoms with Gasteiger partial charge in [-0.25, -0.2) is 0 Å². The summed E-state index contributed by atoms with van der Waals surface area (Å²) in [7, 11) is 0. The molecule has 0 fully saturated rings. The van der Waals surface area contributed by atoms with Crippen LogP contribution in [0.15, 0.2) is 0 Å². The zero-order valence-corrected chi connectivity index (χ0v) is 5.37. The molecule has 0 aliphatic carbocycles. The van der Waals surface area contributed by atoms with Crippen LogP contribution in [0.3, 0.4) is 0 Å². The standard InChI is InChI=1S/CO.Fe.Na/c1-2;;. The largest absolute Gasteiger partial charge is 0.281 e. The van der Waals surface area contributed by atoms with Crippen LogP contribution in [-0.4, -0.2) is 36.3 Å². The van der Waals surface area contributed by atoms with Crippen molar-refractivity contribution in [1.82, 2.24) is 0 Å². The summed E-state index contributed by atoms with van der Waals surface area (Å²) < 4.78 is 0. The second-order valence-corrected chi connectivity index (χ2v) is 0. The van der Waals surface area contributed by atoms with Crippen LogP contribution in [0.2, 0.25) is 0 Å². The van der Waals surface area contributed by atoms with Crippen molar-refractivity contribution in [3.8, 4) is 0 Å². The summed E-state index contributed by atoms with van der Waals surface area (Å²) in [5.74, 6) is 0. The van der Waals surface area contributed by atoms with Gasteiger partial charge in [0.1, 0.15) is 0 Å². The van der Waals surface area contributed by atoms with Gasteiger partial charge in [-0.15, -0.1) is 0 Å². The summed E-state index contributed by atoms with van der Waals surface area (Å²) in [6, 6.07) is 0. The summed E-state index contributed by atoms with van der Waals surface area (Å²) in [6.45, 7) is 4.50. The van der Waals surface area contributed by atoms with E-state index >= 15 is 0 Å². The maximum absolute atomic E-state index is 7.50. The van der Waals surface area contributed by atoms with Crippen LogP contribution in [0.5, 0.6) is 0 Å². The molecule has 0 rings (SSSR count). The van der Waals surface area contributed by atoms with E-state index in [0.717, 1.165) is 0 Å². The van der Waals surface area contributed by atoms with Gasteiger partial charge in [0.2, 0.25) is 0 Å². The van der Waals surface area contributed by atoms with Gasteiger partial charge >= 0.3 is 0 Å². The van der Waals surface area contributed by atoms with Crippen LogP contribution in [0, 0.1) is 0 Å². The zero-order chi connectivity index (χ0) is 2.00. The minimum absolute atomic E-state index is 0. The molecular weight excluding hydrogens is 107 g/mol. The fraction of sp³-hybridized carbons (Fsp3) is 0. The molecule has 0 aromatic rings. The van der Waals surface area contributed by atoms with E-state index in [1.165, 1.54) is 0 Å². The second kappa shape index (κ2) is 30.1. The van der Waals surface area contributed by atoms with Crippen molar-refractivity contribution in [1.29, 1.82) is 0 Å². The molecule has 0 unspecified atom stereocenters. The molecule has 3 radical (unpaired) electrons. The van der Waals surface area contributed by atoms with Crippen LogP contribution in [0.25, 0.3) is 0 Å². The molecule has 0 heterocycles. The molecule has 0 aliphatic heterocycles. The summed E-state index contributed by atoms with van der Waals surface area (Å²) in [6.07, 6.45) is 0. The molecule has 3 heteroatoms. The third kappa shape index (κ3) is 10.8. The minimum Gasteiger partial charge on any atom is -0.281 e. The molecule has 0 aliphatic rings. The summed E-state index contributed by atoms with van der Waals surface area (Å²) in [4.78, 5) is 7.50. The topological polar surface area (TPSA) is 17.1 Å². The first-order valence-electron chi connectivity index (χ1n) is 0.204. The first-order chi connectivity index (χ1) is 1.00. The molecule has 0 amide bonds. The Morgan fingerprint density at radius 2 is 1.25 bits per heavy atom. The molecule has 0 saturated heterocycles. The Morgan fingerprint density at radius 3 is 1.25 bits per heavy atom. The van der Waals surface area contributed by atoms with Gasteiger partial charge in [0.05, 0.1) is 0 Å². The van der Waals surface area contributed by atoms with Gasteiger partial charge in [-0.2, -0.15) is 0 Å². The first kappa shape index (κ1) is 19.0. The number of carbonyl (C=O) groups excluding carboxylic acids is 1. The average molecular weight is 107 g/mol. The van der Waals surface area contributed by atoms with Gasteiger partial charge in [0, 0.05) is 46.6 Å². The Morgan fingerprint density at radius 1 is 1.25 bits per heavy atom. The molecule has 19 valence electrons. The normalized spacial score (nSPS) is 1.00. The number of rotatable bonds is 0. The minimum atomic E-state index is 0. The number of hydrogen-bond acceptors (Lipinski definition) is 1. The van der Waals surface area contributed by atoms with Gasteiger partial charge in [0.15, 0.2) is 0 Å². The molecule has 0 aromatic carbocycles. The van der Waals surface area contributed by atoms with Crippen LogP contribution in [0.4, 0.5) is 0 Å². The second-order valence-electron chi connectivity index (χ2n) is 0. The van der Waals surface area contributed by atoms with Crippen molar-refractivity contribution < 1.29 is 21.9 Å². The van der Waals surface area contributed by atoms with Crippen molar-refractivity contribution >= 4 is 36.3 Å². The van der Waals surface area contributed by atoms with Crippen LogP contribution in [0.1, 0.15) is 0 Å². The summed E-state index contributed by atoms with van der Waals surface area (Å²) in [5, 5.41) is 0. The van der Waals surface area contributed by atoms with Crippen molar-refractivity contribution in [3.05, 3.63) is 0 Å². The maximum Gasteiger partial charge on any atom is 0.281 e. The molecule has 0 spiro atoms. The van der Waals surface area contributed by atoms with E-state index < -0.39 is 0 Å². The van der Waals surface area contributed by atoms with Gasteiger partial charge in [-0.05, 0) is 0 Å². The molecule has 0 atom stereocenters. The SMILES string of the molecule is [C]=O.[Fe].[Na]. The fourth-order valence-electron chi connectivity index (χ4n) is 0. The Kier molecular flexibility index (Phi) is 143. The zero-order valence-electron chi connectivity index (χ0n) is 2.26. The van der Waals surface area contributed by atoms with Crippen LogP contribution >= 0.6 is 0 Å². The maximum atomic E-state index is 7.50. The van der Waals surface area contributed by atoms with Crippen molar-refractivity contribution in [2.24, 2.45) is 0 Å². The van der Waals surface area contributed by atoms with E-state index in [2.05, 4.69) is 6.79 Å². The smallest absolute Gasteiger partial charge is 0.281 e. The molecule has 0 N–H and O–H groups in total. The molecule has 4 heavy (non-hydrogen) atoms. The quantitative estimate of drug-likeness (QED) is 0.371. The van der Waals surface area contributed by atoms with E-state index in [1.54, 1.807) is 0 Å². The fourth-order valence-corrected chi connectivity index (χ4v) is 0. The van der Waals surface area contributed by atoms with E-state index in [9.17, 15) is 0 Å². The first-order valence-corrected chi connectivity index (χ1v) is 0.204. The van der Waals surface area contributed by atoms with Crippen molar-refractivity contribution in [3.63, 3.8) is 0 Å². The Balaban J connectivity index is -0.00000000500. The predicted molar refractivity (Wildman–Crippen MR) is 11.4 cm³/mol. The molecule has 1 nitrogen and oxygen atoms in total. The van der Waals surface area contributed by atoms with E-state index in [-0.39, 0.29) is 46.6 Å². The van der Waals surface area contributed by atoms with Crippen LogP contribution in [-0.2, 0) is 21.9 Å². The van der Waals surface area contributed by atoms with E-state index in [1.807, 2.05) is 0 Å². The van der Waals surface area contributed by atoms with Crippen LogP contribution < -0.4 is 0 Å². The summed E-state index contributed by atoms with van der Waals surface area (Å²) in [5.41, 5.74) is 0. The average Bonchev–Trinajstić information content (AvgIpc) is 1.00. The summed E-state index contributed by atoms with van der Waals surface area (Å²) >= 11 is 0. The third-order valence-corrected chi connectivity index (χ3v) is 0. The van der Waals surface area contributed by atoms with Gasteiger partial charge in [-0.3, -0.25) is 4.79 Å². The molecule has 0 saturated carbocycles. The van der Waals surface area contributed by atoms with E-state index in [4.69, 9.17) is 4.79 Å². The Bertz CT molecular complexity index is 8.00. The molecule has 0 aromatic heterocycles. The molecule has 0 bridgehead atoms. The van der Waals surface area contributed by atoms with Crippen molar-refractivity contribution in [2.45, 2.75) is 0 Å².